The van der Waals surface area contributed by atoms with E-state index in [0.29, 0.717) is 79.8 Å². The number of Topliss-reactive ketones (excluding diaryl/α,β-unsaturated/α-hetero) is 1. The molecule has 0 aliphatic carbocycles. The number of hydrogen-bond donors (Lipinski definition) is 5. The van der Waals surface area contributed by atoms with Gasteiger partial charge in [-0.05, 0) is 230 Å². The zero-order valence-electron chi connectivity index (χ0n) is 83.1. The Morgan fingerprint density at radius 2 is 0.662 bits per heavy atom. The molecule has 133 heavy (non-hydrogen) atoms. The molecule has 0 aromatic heterocycles. The summed E-state index contributed by atoms with van der Waals surface area (Å²) in [6, 6.07) is 43.7. The number of fused-ring (bicyclic) bond motifs is 6. The monoisotopic (exact) mass is 1970 g/mol. The number of hydrogen-bond acceptors (Lipinski definition) is 18. The number of ketones is 1. The Morgan fingerprint density at radius 3 is 1.02 bits per heavy atom. The van der Waals surface area contributed by atoms with Gasteiger partial charge in [-0.25, -0.2) is 50.5 Å². The molecule has 6 aromatic carbocycles. The van der Waals surface area contributed by atoms with E-state index < -0.39 is 101 Å². The van der Waals surface area contributed by atoms with Crippen LogP contribution in [-0.2, 0) is 97.0 Å². The molecule has 0 fully saturated rings. The molecule has 0 saturated carbocycles. The second-order valence-electron chi connectivity index (χ2n) is 32.6. The summed E-state index contributed by atoms with van der Waals surface area (Å²) >= 11 is 0. The van der Waals surface area contributed by atoms with Crippen molar-refractivity contribution in [2.75, 3.05) is 76.5 Å². The van der Waals surface area contributed by atoms with Crippen LogP contribution >= 0.6 is 0 Å². The molecular formula is C99H150N6O22S6. The van der Waals surface area contributed by atoms with Gasteiger partial charge in [0.2, 0.25) is 60.1 Å². The van der Waals surface area contributed by atoms with E-state index in [2.05, 4.69) is 0 Å². The molecule has 744 valence electrons. The summed E-state index contributed by atoms with van der Waals surface area (Å²) in [5, 5.41) is 44.5. The van der Waals surface area contributed by atoms with E-state index in [-0.39, 0.29) is 62.0 Å². The number of aliphatic hydroxyl groups excluding tert-OH is 1. The Bertz CT molecular complexity index is 5570. The number of nitrogens with zero attached hydrogens (tertiary/aromatic N) is 6. The molecule has 0 unspecified atom stereocenters. The molecule has 4 atom stereocenters. The summed E-state index contributed by atoms with van der Waals surface area (Å²) < 4.78 is 154. The molecule has 5 N–H and O–H groups in total. The maximum atomic E-state index is 12.3. The Balaban J connectivity index is 0.000000779. The highest BCUT2D eigenvalue weighted by Gasteiger charge is 2.45. The van der Waals surface area contributed by atoms with E-state index >= 15 is 0 Å². The summed E-state index contributed by atoms with van der Waals surface area (Å²) in [6.45, 7) is 40.5. The Hall–Kier alpha value is -9.71. The molecule has 0 saturated heterocycles. The fraction of sp³-hybridized carbons (Fsp3) is 0.505. The van der Waals surface area contributed by atoms with Gasteiger partial charge in [0.15, 0.2) is 0 Å². The zero-order valence-corrected chi connectivity index (χ0v) is 88.0. The van der Waals surface area contributed by atoms with Crippen molar-refractivity contribution in [3.63, 3.8) is 0 Å². The Kier molecular flexibility index (Phi) is 49.9. The molecule has 28 nitrogen and oxygen atoms in total. The number of benzene rings is 6. The van der Waals surface area contributed by atoms with Crippen LogP contribution in [0.1, 0.15) is 256 Å². The van der Waals surface area contributed by atoms with Crippen molar-refractivity contribution in [1.82, 2.24) is 0 Å². The first kappa shape index (κ1) is 121. The van der Waals surface area contributed by atoms with Gasteiger partial charge in [-0.1, -0.05) is 211 Å². The molecule has 34 heteroatoms. The highest BCUT2D eigenvalue weighted by Crippen LogP contribution is 2.46. The lowest BCUT2D eigenvalue weighted by Crippen LogP contribution is -2.51. The van der Waals surface area contributed by atoms with E-state index in [1.165, 1.54) is 63.4 Å². The van der Waals surface area contributed by atoms with Crippen molar-refractivity contribution >= 4 is 148 Å². The predicted octanol–water partition coefficient (Wildman–Crippen LogP) is 19.5. The summed E-state index contributed by atoms with van der Waals surface area (Å²) in [5.74, 6) is -2.95. The molecule has 0 bridgehead atoms. The molecule has 0 radical (unpaired) electrons. The van der Waals surface area contributed by atoms with E-state index in [4.69, 9.17) is 20.4 Å². The fourth-order valence-corrected chi connectivity index (χ4v) is 24.3. The minimum absolute atomic E-state index is 0.00403. The van der Waals surface area contributed by atoms with Crippen LogP contribution in [0.25, 0.3) is 24.3 Å². The van der Waals surface area contributed by atoms with Crippen molar-refractivity contribution in [3.8, 4) is 0 Å². The Labute approximate surface area is 796 Å². The van der Waals surface area contributed by atoms with Crippen molar-refractivity contribution in [2.24, 2.45) is 11.8 Å². The number of carbonyl (C=O) groups is 5. The van der Waals surface area contributed by atoms with Gasteiger partial charge in [0, 0.05) is 44.7 Å². The second kappa shape index (κ2) is 54.7. The normalized spacial score (nSPS) is 17.2. The van der Waals surface area contributed by atoms with E-state index in [1.54, 1.807) is 71.9 Å². The lowest BCUT2D eigenvalue weighted by Gasteiger charge is -2.44. The van der Waals surface area contributed by atoms with Crippen LogP contribution in [0, 0.1) is 11.8 Å². The zero-order chi connectivity index (χ0) is 103. The SMILES string of the molecule is CC.CC.CC.CC.CC.CC.CC(=O)CCC1=Cc2ccccc2N(S(C)(=O)=O)C1(C)C.CC1(C)C(CCC(=O)O)=Cc2ccccc2N1S(C)(=O)=O.CC1(C)C(CO)=Cc2ccccc2N1S(C)(=O)=O.CS(=O)(=O)N1C[C@H](CCCC(=O)O)Cc2ccccc21.C[C@@H]1C(CCC(=O)O)=Cc2ccccc2N1S(C)(=O)=O.C[C@@H]1[C@H](CCCC(=O)O)Cc2ccccc2N1S(C)(=O)=O. The molecule has 6 heterocycles. The van der Waals surface area contributed by atoms with Gasteiger partial charge in [0.25, 0.3) is 0 Å². The van der Waals surface area contributed by atoms with Crippen molar-refractivity contribution in [1.29, 1.82) is 0 Å². The molecule has 6 aliphatic heterocycles. The maximum absolute atomic E-state index is 12.3. The third kappa shape index (κ3) is 34.9. The summed E-state index contributed by atoms with van der Waals surface area (Å²) in [5.41, 5.74) is 10.5. The largest absolute Gasteiger partial charge is 0.481 e. The lowest BCUT2D eigenvalue weighted by molar-refractivity contribution is -0.138. The average molecular weight is 1970 g/mol. The highest BCUT2D eigenvalue weighted by molar-refractivity contribution is 7.93. The van der Waals surface area contributed by atoms with Gasteiger partial charge in [-0.2, -0.15) is 0 Å². The van der Waals surface area contributed by atoms with Gasteiger partial charge in [0.05, 0.1) is 101 Å². The molecule has 0 spiro atoms. The summed E-state index contributed by atoms with van der Waals surface area (Å²) in [7, 11) is -20.3. The van der Waals surface area contributed by atoms with E-state index in [9.17, 15) is 79.6 Å². The number of anilines is 6. The van der Waals surface area contributed by atoms with Gasteiger partial charge in [-0.3, -0.25) is 45.0 Å². The van der Waals surface area contributed by atoms with Crippen LogP contribution in [0.2, 0.25) is 0 Å². The van der Waals surface area contributed by atoms with E-state index in [0.717, 1.165) is 80.7 Å². The molecule has 6 aliphatic rings. The molecule has 6 aromatic rings. The van der Waals surface area contributed by atoms with Crippen molar-refractivity contribution in [2.45, 2.75) is 264 Å². The predicted molar refractivity (Wildman–Crippen MR) is 547 cm³/mol. The average Bonchev–Trinajstić information content (AvgIpc) is 0.745. The van der Waals surface area contributed by atoms with Crippen molar-refractivity contribution in [3.05, 3.63) is 201 Å². The Morgan fingerprint density at radius 1 is 0.353 bits per heavy atom. The number of aliphatic carboxylic acids is 4. The van der Waals surface area contributed by atoms with Gasteiger partial charge < -0.3 is 30.3 Å². The van der Waals surface area contributed by atoms with Crippen LogP contribution in [0.3, 0.4) is 0 Å². The maximum Gasteiger partial charge on any atom is 0.303 e. The summed E-state index contributed by atoms with van der Waals surface area (Å²) in [6.07, 6.45) is 21.0. The van der Waals surface area contributed by atoms with Crippen LogP contribution in [0.15, 0.2) is 168 Å². The molecule has 12 rings (SSSR count). The van der Waals surface area contributed by atoms with Gasteiger partial charge in [0.1, 0.15) is 5.78 Å². The topological polar surface area (TPSA) is 411 Å². The summed E-state index contributed by atoms with van der Waals surface area (Å²) in [4.78, 5) is 54.0. The minimum Gasteiger partial charge on any atom is -0.481 e. The quantitative estimate of drug-likeness (QED) is 0.0376. The van der Waals surface area contributed by atoms with Crippen LogP contribution in [-0.4, -0.2) is 185 Å². The number of carboxylic acids is 4. The van der Waals surface area contributed by atoms with Gasteiger partial charge in [-0.15, -0.1) is 0 Å². The lowest BCUT2D eigenvalue weighted by atomic mass is 9.84. The fourth-order valence-electron chi connectivity index (χ4n) is 16.4. The van der Waals surface area contributed by atoms with Crippen LogP contribution in [0.4, 0.5) is 34.1 Å². The minimum atomic E-state index is -3.47. The first-order chi connectivity index (χ1) is 62.0. The number of rotatable bonds is 24. The first-order valence-electron chi connectivity index (χ1n) is 45.4. The van der Waals surface area contributed by atoms with Gasteiger partial charge >= 0.3 is 23.9 Å². The molecular weight excluding hydrogens is 1820 g/mol. The number of aliphatic hydroxyl groups is 1. The number of carbonyl (C=O) groups excluding carboxylic acids is 1. The van der Waals surface area contributed by atoms with Crippen molar-refractivity contribution < 1.29 is 100 Å². The third-order valence-electron chi connectivity index (χ3n) is 21.9. The first-order valence-corrected chi connectivity index (χ1v) is 56.4. The second-order valence-corrected chi connectivity index (χ2v) is 43.7. The standard InChI is InChI=1S/C16H21NO3S.C15H19NO4S.C15H21NO4S.C14H17NO4S.C14H19NO4S.C13H17NO3S.6C2H6/c1-12(18)9-10-14-11-13-7-5-6-8-15(13)17(16(14,2)3)21(4,19)20;1-15(2)12(8-9-14(17)18)10-11-6-4-5-7-13(11)16(15)21(3,19)20;1-11-12(7-5-9-15(17)18)10-13-6-3-4-8-14(13)16(11)21(2,19)20;1-10-11(7-8-14(16)17)9-12-5-3-4-6-13(12)15(10)20(2,18)19;1-20(18,19)15-10-11(5-4-8-14(16)17)9-12-6-2-3-7-13(12)15;1-13(2)11(9-15)8-10-6-4-5-7-12(10)14(13)18(3,16)17;6*1-2/h5-8,11H,9-10H2,1-4H3;4-7,10H,8-9H2,1-3H3,(H,17,18);3-4,6,8,11-12H,5,7,9-10H2,1-2H3,(H,17,18);3-6,9-10H,7-8H2,1-2H3,(H,16,17);2-3,6-7,11H,4-5,8-10H2,1H3,(H,16,17);4-8,15H,9H2,1-3H3;6*1-2H3/t;;11-,12-;10-;11-;;;;;;;/m..111......./s1. The van der Waals surface area contributed by atoms with Crippen LogP contribution in [0.5, 0.6) is 0 Å². The third-order valence-corrected chi connectivity index (χ3v) is 29.5. The highest BCUT2D eigenvalue weighted by atomic mass is 32.2. The number of sulfonamides is 6. The molecule has 0 amide bonds. The van der Waals surface area contributed by atoms with Crippen LogP contribution < -0.4 is 25.8 Å². The number of para-hydroxylation sites is 6. The van der Waals surface area contributed by atoms with E-state index in [1.807, 2.05) is 243 Å². The smallest absolute Gasteiger partial charge is 0.303 e. The number of carboxylic acid groups (broad SMARTS) is 4.